The molecular weight excluding hydrogens is 658 g/mol. The smallest absolute Gasteiger partial charge is 0.417 e. The molecular formula is C42H53N3O7. The van der Waals surface area contributed by atoms with Gasteiger partial charge in [0.25, 0.3) is 11.8 Å². The standard InChI is InChI=1S/C22H28N2O3.C20H25NO4/c1-7-9-14-10-8-11-15-16(14)12-17-18(13-23(5)6)20(25)24(19(15)17)21(26)27-22(2,3)4;1-5-7-12-8-6-9-13-14(12)10-15-16(11-22)18(23)21(17(13)15)19(24)25-20(2,3)4/h7-8,10-11,13,17,19H,1,9,12H2,2-6H3;6,8-9,11,15,17,22H,5,7,10H2,1-4H3/b18-13-;16-11-. The third kappa shape index (κ3) is 7.38. The van der Waals surface area contributed by atoms with Crippen LogP contribution in [0.1, 0.15) is 100 Å². The summed E-state index contributed by atoms with van der Waals surface area (Å²) in [5.41, 5.74) is 6.51. The van der Waals surface area contributed by atoms with Crippen LogP contribution in [0.3, 0.4) is 0 Å². The van der Waals surface area contributed by atoms with Gasteiger partial charge in [-0.05, 0) is 101 Å². The summed E-state index contributed by atoms with van der Waals surface area (Å²) < 4.78 is 11.0. The van der Waals surface area contributed by atoms with E-state index >= 15 is 0 Å². The van der Waals surface area contributed by atoms with Crippen LogP contribution in [0.25, 0.3) is 0 Å². The summed E-state index contributed by atoms with van der Waals surface area (Å²) in [4.78, 5) is 55.7. The average molecular weight is 712 g/mol. The highest BCUT2D eigenvalue weighted by atomic mass is 16.6. The molecule has 2 saturated heterocycles. The van der Waals surface area contributed by atoms with Crippen molar-refractivity contribution in [1.29, 1.82) is 0 Å². The topological polar surface area (TPSA) is 117 Å². The molecule has 2 aliphatic heterocycles. The number of rotatable bonds is 5. The predicted octanol–water partition coefficient (Wildman–Crippen LogP) is 7.92. The van der Waals surface area contributed by atoms with Crippen LogP contribution in [-0.4, -0.2) is 69.1 Å². The fourth-order valence-electron chi connectivity index (χ4n) is 7.95. The highest BCUT2D eigenvalue weighted by Gasteiger charge is 2.54. The Hall–Kier alpha value is -4.86. The Bertz CT molecular complexity index is 1830. The maximum absolute atomic E-state index is 13.1. The zero-order valence-electron chi connectivity index (χ0n) is 32.0. The van der Waals surface area contributed by atoms with Crippen LogP contribution in [0, 0.1) is 11.8 Å². The Morgan fingerprint density at radius 3 is 1.73 bits per heavy atom. The zero-order valence-corrected chi connectivity index (χ0v) is 32.0. The summed E-state index contributed by atoms with van der Waals surface area (Å²) in [6.45, 7) is 16.7. The molecule has 278 valence electrons. The number of aliphatic hydroxyl groups is 1. The molecule has 6 rings (SSSR count). The summed E-state index contributed by atoms with van der Waals surface area (Å²) in [6.07, 6.45) is 7.52. The number of likely N-dealkylation sites (tertiary alicyclic amines) is 2. The average Bonchev–Trinajstić information content (AvgIpc) is 3.74. The van der Waals surface area contributed by atoms with Crippen molar-refractivity contribution in [2.75, 3.05) is 14.1 Å². The quantitative estimate of drug-likeness (QED) is 0.189. The number of carbonyl (C=O) groups excluding carboxylic acids is 4. The number of benzene rings is 2. The number of hydrogen-bond acceptors (Lipinski definition) is 8. The Labute approximate surface area is 307 Å². The van der Waals surface area contributed by atoms with E-state index in [1.54, 1.807) is 20.8 Å². The SMILES string of the molecule is C=CCc1cccc2c1CC1/C(=C/N(C)C)C(=O)N(C(=O)OC(C)(C)C)C21.CCCc1cccc2c1CC1/C(=C/O)C(=O)N(C(=O)OC(C)(C)C)C21. The van der Waals surface area contributed by atoms with Gasteiger partial charge >= 0.3 is 12.2 Å². The molecule has 0 bridgehead atoms. The molecule has 2 fully saturated rings. The summed E-state index contributed by atoms with van der Waals surface area (Å²) >= 11 is 0. The molecule has 10 nitrogen and oxygen atoms in total. The second-order valence-electron chi connectivity index (χ2n) is 16.2. The van der Waals surface area contributed by atoms with Gasteiger partial charge in [0.2, 0.25) is 0 Å². The lowest BCUT2D eigenvalue weighted by Crippen LogP contribution is -2.39. The van der Waals surface area contributed by atoms with Gasteiger partial charge in [0.15, 0.2) is 0 Å². The number of carbonyl (C=O) groups is 4. The first-order valence-corrected chi connectivity index (χ1v) is 18.1. The van der Waals surface area contributed by atoms with Crippen LogP contribution < -0.4 is 0 Å². The van der Waals surface area contributed by atoms with Crippen molar-refractivity contribution in [3.05, 3.63) is 106 Å². The molecule has 0 aromatic heterocycles. The first-order valence-electron chi connectivity index (χ1n) is 18.1. The Balaban J connectivity index is 0.000000202. The fraction of sp³-hybridized carbons (Fsp3) is 0.476. The van der Waals surface area contributed by atoms with Crippen molar-refractivity contribution in [3.8, 4) is 0 Å². The molecule has 10 heteroatoms. The van der Waals surface area contributed by atoms with Crippen molar-refractivity contribution in [3.63, 3.8) is 0 Å². The first kappa shape index (κ1) is 38.4. The number of nitrogens with zero attached hydrogens (tertiary/aromatic N) is 3. The minimum atomic E-state index is -0.690. The highest BCUT2D eigenvalue weighted by molar-refractivity contribution is 6.07. The van der Waals surface area contributed by atoms with Crippen LogP contribution in [0.15, 0.2) is 72.7 Å². The maximum atomic E-state index is 13.1. The van der Waals surface area contributed by atoms with E-state index in [1.165, 1.54) is 32.1 Å². The van der Waals surface area contributed by atoms with Crippen LogP contribution in [0.4, 0.5) is 9.59 Å². The van der Waals surface area contributed by atoms with Gasteiger partial charge in [-0.1, -0.05) is 55.8 Å². The molecule has 4 aliphatic rings. The van der Waals surface area contributed by atoms with Crippen LogP contribution in [0.5, 0.6) is 0 Å². The minimum absolute atomic E-state index is 0.0478. The first-order chi connectivity index (χ1) is 24.4. The summed E-state index contributed by atoms with van der Waals surface area (Å²) in [6, 6.07) is 11.5. The van der Waals surface area contributed by atoms with Gasteiger partial charge in [-0.2, -0.15) is 0 Å². The fourth-order valence-corrected chi connectivity index (χ4v) is 7.95. The van der Waals surface area contributed by atoms with Crippen molar-refractivity contribution >= 4 is 24.0 Å². The van der Waals surface area contributed by atoms with E-state index in [9.17, 15) is 24.3 Å². The number of aryl methyl sites for hydroxylation is 1. The number of ether oxygens (including phenoxy) is 2. The zero-order chi connectivity index (χ0) is 38.3. The normalized spacial score (nSPS) is 23.2. The second-order valence-corrected chi connectivity index (χ2v) is 16.2. The number of amides is 4. The molecule has 0 radical (unpaired) electrons. The van der Waals surface area contributed by atoms with E-state index in [0.717, 1.165) is 43.1 Å². The predicted molar refractivity (Wildman–Crippen MR) is 199 cm³/mol. The Morgan fingerprint density at radius 1 is 0.827 bits per heavy atom. The monoisotopic (exact) mass is 711 g/mol. The molecule has 2 heterocycles. The lowest BCUT2D eigenvalue weighted by molar-refractivity contribution is -0.126. The van der Waals surface area contributed by atoms with E-state index in [4.69, 9.17) is 9.47 Å². The Kier molecular flexibility index (Phi) is 10.8. The second kappa shape index (κ2) is 14.6. The number of allylic oxidation sites excluding steroid dienone is 1. The highest BCUT2D eigenvalue weighted by Crippen LogP contribution is 2.52. The van der Waals surface area contributed by atoms with E-state index < -0.39 is 35.3 Å². The van der Waals surface area contributed by atoms with Gasteiger partial charge in [-0.25, -0.2) is 19.4 Å². The van der Waals surface area contributed by atoms with E-state index in [0.29, 0.717) is 12.0 Å². The molecule has 2 aliphatic carbocycles. The largest absolute Gasteiger partial charge is 0.515 e. The van der Waals surface area contributed by atoms with Gasteiger partial charge in [0.1, 0.15) is 11.2 Å². The number of fused-ring (bicyclic) bond motifs is 6. The van der Waals surface area contributed by atoms with Gasteiger partial charge in [0.05, 0.1) is 23.9 Å². The van der Waals surface area contributed by atoms with E-state index in [2.05, 4.69) is 25.6 Å². The van der Waals surface area contributed by atoms with Gasteiger partial charge in [-0.3, -0.25) is 9.59 Å². The van der Waals surface area contributed by atoms with Gasteiger partial charge in [0, 0.05) is 37.7 Å². The maximum Gasteiger partial charge on any atom is 0.417 e. The lowest BCUT2D eigenvalue weighted by atomic mass is 9.96. The summed E-state index contributed by atoms with van der Waals surface area (Å²) in [5, 5.41) is 9.61. The van der Waals surface area contributed by atoms with Crippen LogP contribution >= 0.6 is 0 Å². The van der Waals surface area contributed by atoms with Gasteiger partial charge in [-0.15, -0.1) is 6.58 Å². The minimum Gasteiger partial charge on any atom is -0.515 e. The van der Waals surface area contributed by atoms with E-state index in [-0.39, 0.29) is 29.4 Å². The lowest BCUT2D eigenvalue weighted by Gasteiger charge is -2.27. The van der Waals surface area contributed by atoms with Crippen molar-refractivity contribution in [2.24, 2.45) is 11.8 Å². The molecule has 1 N–H and O–H groups in total. The molecule has 2 aromatic carbocycles. The molecule has 4 amide bonds. The summed E-state index contributed by atoms with van der Waals surface area (Å²) in [5.74, 6) is -0.975. The van der Waals surface area contributed by atoms with Crippen molar-refractivity contribution in [1.82, 2.24) is 14.7 Å². The molecule has 4 unspecified atom stereocenters. The molecule has 0 saturated carbocycles. The molecule has 0 spiro atoms. The number of imide groups is 2. The third-order valence-corrected chi connectivity index (χ3v) is 9.75. The van der Waals surface area contributed by atoms with Gasteiger partial charge < -0.3 is 19.5 Å². The third-order valence-electron chi connectivity index (χ3n) is 9.75. The van der Waals surface area contributed by atoms with Crippen LogP contribution in [-0.2, 0) is 44.7 Å². The van der Waals surface area contributed by atoms with Crippen LogP contribution in [0.2, 0.25) is 0 Å². The van der Waals surface area contributed by atoms with E-state index in [1.807, 2.05) is 76.3 Å². The molecule has 2 aromatic rings. The van der Waals surface area contributed by atoms with Crippen molar-refractivity contribution < 1.29 is 33.8 Å². The number of hydrogen-bond donors (Lipinski definition) is 1. The molecule has 4 atom stereocenters. The Morgan fingerprint density at radius 2 is 1.29 bits per heavy atom. The molecule has 52 heavy (non-hydrogen) atoms. The van der Waals surface area contributed by atoms with Crippen molar-refractivity contribution in [2.45, 2.75) is 104 Å². The number of aliphatic hydroxyl groups excluding tert-OH is 1. The summed E-state index contributed by atoms with van der Waals surface area (Å²) in [7, 11) is 3.77.